The number of primary amides is 1. The molecule has 90 valence electrons. The lowest BCUT2D eigenvalue weighted by atomic mass is 10.1. The van der Waals surface area contributed by atoms with Crippen molar-refractivity contribution in [1.82, 2.24) is 4.98 Å². The minimum atomic E-state index is -0.532. The van der Waals surface area contributed by atoms with Crippen LogP contribution in [0.4, 0.5) is 5.69 Å². The first-order chi connectivity index (χ1) is 8.63. The summed E-state index contributed by atoms with van der Waals surface area (Å²) < 4.78 is 0. The van der Waals surface area contributed by atoms with Crippen molar-refractivity contribution >= 4 is 28.8 Å². The summed E-state index contributed by atoms with van der Waals surface area (Å²) in [6.45, 7) is 0. The molecular formula is C12H9N3O2S. The van der Waals surface area contributed by atoms with E-state index in [-0.39, 0.29) is 11.6 Å². The molecule has 1 aromatic heterocycles. The van der Waals surface area contributed by atoms with Crippen molar-refractivity contribution in [3.8, 4) is 10.6 Å². The van der Waals surface area contributed by atoms with Gasteiger partial charge in [-0.25, -0.2) is 4.98 Å². The monoisotopic (exact) mass is 259 g/mol. The summed E-state index contributed by atoms with van der Waals surface area (Å²) in [6, 6.07) is 5.63. The van der Waals surface area contributed by atoms with Gasteiger partial charge in [-0.15, -0.1) is 11.3 Å². The van der Waals surface area contributed by atoms with Crippen molar-refractivity contribution in [2.75, 3.05) is 5.32 Å². The number of nitrogens with two attached hydrogens (primary N) is 1. The van der Waals surface area contributed by atoms with Gasteiger partial charge in [0.05, 0.1) is 6.42 Å². The number of anilines is 1. The third-order valence-corrected chi connectivity index (χ3v) is 3.63. The first kappa shape index (κ1) is 10.9. The molecule has 0 radical (unpaired) electrons. The number of carbonyl (C=O) groups excluding carboxylic acids is 2. The van der Waals surface area contributed by atoms with Crippen LogP contribution >= 0.6 is 11.3 Å². The number of nitrogens with zero attached hydrogens (tertiary/aromatic N) is 1. The second kappa shape index (κ2) is 3.92. The van der Waals surface area contributed by atoms with E-state index in [1.165, 1.54) is 11.3 Å². The molecule has 0 aliphatic carbocycles. The van der Waals surface area contributed by atoms with Crippen LogP contribution in [0.1, 0.15) is 16.1 Å². The Morgan fingerprint density at radius 2 is 2.28 bits per heavy atom. The molecule has 5 nitrogen and oxygen atoms in total. The highest BCUT2D eigenvalue weighted by Gasteiger charge is 2.18. The van der Waals surface area contributed by atoms with Gasteiger partial charge in [0.1, 0.15) is 10.7 Å². The Balaban J connectivity index is 2.00. The number of hydrogen-bond donors (Lipinski definition) is 2. The lowest BCUT2D eigenvalue weighted by Crippen LogP contribution is -2.10. The molecule has 0 atom stereocenters. The summed E-state index contributed by atoms with van der Waals surface area (Å²) in [4.78, 5) is 26.4. The molecule has 3 rings (SSSR count). The van der Waals surface area contributed by atoms with Crippen molar-refractivity contribution in [3.05, 3.63) is 34.8 Å². The first-order valence-electron chi connectivity index (χ1n) is 5.32. The molecule has 6 heteroatoms. The summed E-state index contributed by atoms with van der Waals surface area (Å²) in [5, 5.41) is 5.13. The van der Waals surface area contributed by atoms with E-state index in [1.54, 1.807) is 5.38 Å². The standard InChI is InChI=1S/C12H9N3O2S/c13-11(17)9-5-18-12(15-9)6-1-2-8-7(3-6)4-10(16)14-8/h1-3,5H,4H2,(H2,13,17)(H,14,16). The van der Waals surface area contributed by atoms with E-state index in [0.29, 0.717) is 6.42 Å². The Labute approximate surface area is 107 Å². The van der Waals surface area contributed by atoms with Gasteiger partial charge < -0.3 is 11.1 Å². The highest BCUT2D eigenvalue weighted by atomic mass is 32.1. The van der Waals surface area contributed by atoms with Crippen molar-refractivity contribution in [1.29, 1.82) is 0 Å². The van der Waals surface area contributed by atoms with Gasteiger partial charge in [0.15, 0.2) is 0 Å². The predicted molar refractivity (Wildman–Crippen MR) is 68.4 cm³/mol. The van der Waals surface area contributed by atoms with Crippen molar-refractivity contribution in [3.63, 3.8) is 0 Å². The first-order valence-corrected chi connectivity index (χ1v) is 6.20. The van der Waals surface area contributed by atoms with Gasteiger partial charge in [-0.05, 0) is 23.8 Å². The van der Waals surface area contributed by atoms with E-state index in [4.69, 9.17) is 5.73 Å². The second-order valence-electron chi connectivity index (χ2n) is 4.00. The smallest absolute Gasteiger partial charge is 0.268 e. The van der Waals surface area contributed by atoms with Gasteiger partial charge in [-0.3, -0.25) is 9.59 Å². The number of amides is 2. The third-order valence-electron chi connectivity index (χ3n) is 2.73. The second-order valence-corrected chi connectivity index (χ2v) is 4.86. The third kappa shape index (κ3) is 1.76. The van der Waals surface area contributed by atoms with Gasteiger partial charge in [0, 0.05) is 16.6 Å². The van der Waals surface area contributed by atoms with Crippen LogP contribution in [-0.2, 0) is 11.2 Å². The molecule has 2 aromatic rings. The average Bonchev–Trinajstić information content (AvgIpc) is 2.91. The zero-order valence-electron chi connectivity index (χ0n) is 9.27. The molecule has 3 N–H and O–H groups in total. The lowest BCUT2D eigenvalue weighted by molar-refractivity contribution is -0.115. The zero-order chi connectivity index (χ0) is 12.7. The largest absolute Gasteiger partial charge is 0.364 e. The molecule has 18 heavy (non-hydrogen) atoms. The van der Waals surface area contributed by atoms with Crippen LogP contribution in [0.2, 0.25) is 0 Å². The van der Waals surface area contributed by atoms with Crippen molar-refractivity contribution in [2.24, 2.45) is 5.73 Å². The van der Waals surface area contributed by atoms with Crippen LogP contribution in [0.25, 0.3) is 10.6 Å². The SMILES string of the molecule is NC(=O)c1csc(-c2ccc3c(c2)CC(=O)N3)n1. The number of fused-ring (bicyclic) bond motifs is 1. The molecule has 0 unspecified atom stereocenters. The Bertz CT molecular complexity index is 663. The molecular weight excluding hydrogens is 250 g/mol. The fraction of sp³-hybridized carbons (Fsp3) is 0.0833. The molecule has 0 spiro atoms. The van der Waals surface area contributed by atoms with E-state index < -0.39 is 5.91 Å². The van der Waals surface area contributed by atoms with Crippen molar-refractivity contribution < 1.29 is 9.59 Å². The molecule has 1 aliphatic heterocycles. The average molecular weight is 259 g/mol. The number of rotatable bonds is 2. The molecule has 2 amide bonds. The van der Waals surface area contributed by atoms with E-state index in [1.807, 2.05) is 18.2 Å². The molecule has 0 bridgehead atoms. The molecule has 0 fully saturated rings. The van der Waals surface area contributed by atoms with Crippen LogP contribution in [0.5, 0.6) is 0 Å². The number of benzene rings is 1. The van der Waals surface area contributed by atoms with Crippen LogP contribution in [0.3, 0.4) is 0 Å². The van der Waals surface area contributed by atoms with Crippen LogP contribution < -0.4 is 11.1 Å². The van der Waals surface area contributed by atoms with Gasteiger partial charge >= 0.3 is 0 Å². The minimum absolute atomic E-state index is 0.000821. The normalized spacial score (nSPS) is 13.2. The summed E-state index contributed by atoms with van der Waals surface area (Å²) in [7, 11) is 0. The van der Waals surface area contributed by atoms with Gasteiger partial charge in [0.25, 0.3) is 5.91 Å². The summed E-state index contributed by atoms with van der Waals surface area (Å²) in [6.07, 6.45) is 0.386. The Morgan fingerprint density at radius 3 is 3.00 bits per heavy atom. The van der Waals surface area contributed by atoms with Gasteiger partial charge in [0.2, 0.25) is 5.91 Å². The summed E-state index contributed by atoms with van der Waals surface area (Å²) >= 11 is 1.36. The number of hydrogen-bond acceptors (Lipinski definition) is 4. The predicted octanol–water partition coefficient (Wildman–Crippen LogP) is 1.40. The molecule has 0 saturated carbocycles. The van der Waals surface area contributed by atoms with Gasteiger partial charge in [-0.2, -0.15) is 0 Å². The molecule has 0 saturated heterocycles. The highest BCUT2D eigenvalue weighted by molar-refractivity contribution is 7.13. The maximum Gasteiger partial charge on any atom is 0.268 e. The van der Waals surface area contributed by atoms with Crippen LogP contribution in [0, 0.1) is 0 Å². The van der Waals surface area contributed by atoms with Crippen molar-refractivity contribution in [2.45, 2.75) is 6.42 Å². The number of carbonyl (C=O) groups is 2. The van der Waals surface area contributed by atoms with E-state index in [0.717, 1.165) is 21.8 Å². The summed E-state index contributed by atoms with van der Waals surface area (Å²) in [5.74, 6) is -0.533. The van der Waals surface area contributed by atoms with Gasteiger partial charge in [-0.1, -0.05) is 0 Å². The van der Waals surface area contributed by atoms with E-state index >= 15 is 0 Å². The number of thiazole rings is 1. The molecule has 1 aromatic carbocycles. The topological polar surface area (TPSA) is 85.1 Å². The quantitative estimate of drug-likeness (QED) is 0.855. The Hall–Kier alpha value is -2.21. The Morgan fingerprint density at radius 1 is 1.44 bits per heavy atom. The Kier molecular flexibility index (Phi) is 2.38. The maximum atomic E-state index is 11.3. The van der Waals surface area contributed by atoms with E-state index in [9.17, 15) is 9.59 Å². The zero-order valence-corrected chi connectivity index (χ0v) is 10.1. The minimum Gasteiger partial charge on any atom is -0.364 e. The maximum absolute atomic E-state index is 11.3. The molecule has 2 heterocycles. The van der Waals surface area contributed by atoms with Crippen LogP contribution in [-0.4, -0.2) is 16.8 Å². The number of nitrogens with one attached hydrogen (secondary N) is 1. The summed E-state index contributed by atoms with van der Waals surface area (Å²) in [5.41, 5.74) is 8.12. The molecule has 1 aliphatic rings. The fourth-order valence-electron chi connectivity index (χ4n) is 1.88. The highest BCUT2D eigenvalue weighted by Crippen LogP contribution is 2.30. The number of aromatic nitrogens is 1. The van der Waals surface area contributed by atoms with E-state index in [2.05, 4.69) is 10.3 Å². The van der Waals surface area contributed by atoms with Crippen LogP contribution in [0.15, 0.2) is 23.6 Å². The lowest BCUT2D eigenvalue weighted by Gasteiger charge is -2.00. The fourth-order valence-corrected chi connectivity index (χ4v) is 2.69.